The zero-order chi connectivity index (χ0) is 15.5. The smallest absolute Gasteiger partial charge is 0.258 e. The second-order valence-electron chi connectivity index (χ2n) is 5.82. The number of hydrogen-bond acceptors (Lipinski definition) is 7. The van der Waals surface area contributed by atoms with Gasteiger partial charge in [0.25, 0.3) is 5.95 Å². The van der Waals surface area contributed by atoms with Gasteiger partial charge in [-0.15, -0.1) is 0 Å². The molecule has 0 amide bonds. The quantitative estimate of drug-likeness (QED) is 0.855. The molecule has 0 unspecified atom stereocenters. The molecular formula is C12H19ClN8. The van der Waals surface area contributed by atoms with Gasteiger partial charge < -0.3 is 10.2 Å². The van der Waals surface area contributed by atoms with Crippen LogP contribution in [0.4, 0.5) is 5.95 Å². The minimum absolute atomic E-state index is 0.0655. The van der Waals surface area contributed by atoms with Crippen molar-refractivity contribution in [3.05, 3.63) is 17.9 Å². The number of anilines is 1. The van der Waals surface area contributed by atoms with Gasteiger partial charge in [-0.3, -0.25) is 0 Å². The van der Waals surface area contributed by atoms with E-state index in [9.17, 15) is 0 Å². The summed E-state index contributed by atoms with van der Waals surface area (Å²) in [7, 11) is 4.09. The van der Waals surface area contributed by atoms with Gasteiger partial charge in [-0.05, 0) is 31.1 Å². The molecule has 0 saturated carbocycles. The summed E-state index contributed by atoms with van der Waals surface area (Å²) < 4.78 is 1.43. The SMILES string of the molecule is CN(C)CC(C)(C)CNc1nc(Cl)nc(-n2cncn2)n1. The predicted octanol–water partition coefficient (Wildman–Crippen LogP) is 1.11. The molecule has 0 fully saturated rings. The van der Waals surface area contributed by atoms with E-state index in [0.29, 0.717) is 18.4 Å². The molecule has 0 radical (unpaired) electrons. The Hall–Kier alpha value is -1.80. The molecule has 1 N–H and O–H groups in total. The molecule has 2 rings (SSSR count). The molecule has 0 saturated heterocycles. The molecule has 0 aliphatic heterocycles. The zero-order valence-corrected chi connectivity index (χ0v) is 13.3. The fourth-order valence-electron chi connectivity index (χ4n) is 2.06. The molecule has 2 aromatic heterocycles. The number of nitrogens with zero attached hydrogens (tertiary/aromatic N) is 7. The van der Waals surface area contributed by atoms with E-state index in [2.05, 4.69) is 49.1 Å². The Morgan fingerprint density at radius 2 is 2.05 bits per heavy atom. The van der Waals surface area contributed by atoms with Crippen molar-refractivity contribution in [2.24, 2.45) is 5.41 Å². The van der Waals surface area contributed by atoms with Crippen LogP contribution in [0.5, 0.6) is 0 Å². The summed E-state index contributed by atoms with van der Waals surface area (Å²) in [6, 6.07) is 0. The second kappa shape index (κ2) is 6.31. The molecule has 2 heterocycles. The minimum Gasteiger partial charge on any atom is -0.353 e. The Morgan fingerprint density at radius 3 is 2.67 bits per heavy atom. The highest BCUT2D eigenvalue weighted by Gasteiger charge is 2.19. The molecule has 8 nitrogen and oxygen atoms in total. The van der Waals surface area contributed by atoms with Gasteiger partial charge in [0.1, 0.15) is 12.7 Å². The summed E-state index contributed by atoms with van der Waals surface area (Å²) in [6.07, 6.45) is 2.91. The third kappa shape index (κ3) is 4.61. The van der Waals surface area contributed by atoms with Gasteiger partial charge in [-0.2, -0.15) is 24.7 Å². The third-order valence-electron chi connectivity index (χ3n) is 2.69. The highest BCUT2D eigenvalue weighted by Crippen LogP contribution is 2.17. The van der Waals surface area contributed by atoms with Crippen LogP contribution in [0, 0.1) is 5.41 Å². The standard InChI is InChI=1S/C12H19ClN8/c1-12(2,6-20(3)4)5-15-10-17-9(13)18-11(19-10)21-8-14-7-16-21/h7-8H,5-6H2,1-4H3,(H,15,17,18,19). The summed E-state index contributed by atoms with van der Waals surface area (Å²) in [5.74, 6) is 0.757. The minimum atomic E-state index is 0.0655. The number of hydrogen-bond donors (Lipinski definition) is 1. The summed E-state index contributed by atoms with van der Waals surface area (Å²) in [5.41, 5.74) is 0.0655. The van der Waals surface area contributed by atoms with E-state index in [1.165, 1.54) is 17.3 Å². The van der Waals surface area contributed by atoms with Crippen molar-refractivity contribution < 1.29 is 0 Å². The normalized spacial score (nSPS) is 11.9. The van der Waals surface area contributed by atoms with Gasteiger partial charge >= 0.3 is 0 Å². The Kier molecular flexibility index (Phi) is 4.69. The number of nitrogens with one attached hydrogen (secondary N) is 1. The van der Waals surface area contributed by atoms with Crippen molar-refractivity contribution in [3.8, 4) is 5.95 Å². The van der Waals surface area contributed by atoms with E-state index < -0.39 is 0 Å². The molecule has 0 aliphatic rings. The van der Waals surface area contributed by atoms with Crippen LogP contribution in [0.1, 0.15) is 13.8 Å². The van der Waals surface area contributed by atoms with E-state index in [-0.39, 0.29) is 10.7 Å². The molecule has 0 atom stereocenters. The van der Waals surface area contributed by atoms with Crippen LogP contribution in [0.2, 0.25) is 5.28 Å². The van der Waals surface area contributed by atoms with Gasteiger partial charge in [-0.25, -0.2) is 4.98 Å². The fraction of sp³-hybridized carbons (Fsp3) is 0.583. The number of aromatic nitrogens is 6. The zero-order valence-electron chi connectivity index (χ0n) is 12.6. The van der Waals surface area contributed by atoms with Crippen LogP contribution >= 0.6 is 11.6 Å². The maximum Gasteiger partial charge on any atom is 0.258 e. The van der Waals surface area contributed by atoms with E-state index in [1.54, 1.807) is 0 Å². The molecular weight excluding hydrogens is 292 g/mol. The van der Waals surface area contributed by atoms with Crippen LogP contribution < -0.4 is 5.32 Å². The summed E-state index contributed by atoms with van der Waals surface area (Å²) in [6.45, 7) is 5.99. The first kappa shape index (κ1) is 15.6. The average molecular weight is 311 g/mol. The predicted molar refractivity (Wildman–Crippen MR) is 80.6 cm³/mol. The maximum atomic E-state index is 5.93. The lowest BCUT2D eigenvalue weighted by Crippen LogP contribution is -2.34. The first-order valence-electron chi connectivity index (χ1n) is 6.51. The maximum absolute atomic E-state index is 5.93. The van der Waals surface area contributed by atoms with E-state index >= 15 is 0 Å². The van der Waals surface area contributed by atoms with Gasteiger partial charge in [0, 0.05) is 13.1 Å². The Morgan fingerprint density at radius 1 is 1.29 bits per heavy atom. The van der Waals surface area contributed by atoms with E-state index in [4.69, 9.17) is 11.6 Å². The summed E-state index contributed by atoms with van der Waals surface area (Å²) in [4.78, 5) is 18.4. The van der Waals surface area contributed by atoms with Gasteiger partial charge in [0.05, 0.1) is 0 Å². The first-order chi connectivity index (χ1) is 9.85. The van der Waals surface area contributed by atoms with Crippen molar-refractivity contribution >= 4 is 17.5 Å². The van der Waals surface area contributed by atoms with Crippen LogP contribution in [0.25, 0.3) is 5.95 Å². The highest BCUT2D eigenvalue weighted by molar-refractivity contribution is 6.28. The van der Waals surface area contributed by atoms with E-state index in [1.807, 2.05) is 14.1 Å². The Bertz CT molecular complexity index is 581. The van der Waals surface area contributed by atoms with Gasteiger partial charge in [0.15, 0.2) is 0 Å². The van der Waals surface area contributed by atoms with Gasteiger partial charge in [0.2, 0.25) is 11.2 Å². The molecule has 114 valence electrons. The average Bonchev–Trinajstić information content (AvgIpc) is 2.88. The van der Waals surface area contributed by atoms with Crippen LogP contribution in [-0.4, -0.2) is 61.8 Å². The second-order valence-corrected chi connectivity index (χ2v) is 6.16. The highest BCUT2D eigenvalue weighted by atomic mass is 35.5. The third-order valence-corrected chi connectivity index (χ3v) is 2.86. The molecule has 0 bridgehead atoms. The van der Waals surface area contributed by atoms with Crippen LogP contribution in [0.15, 0.2) is 12.7 Å². The van der Waals surface area contributed by atoms with Crippen LogP contribution in [-0.2, 0) is 0 Å². The topological polar surface area (TPSA) is 84.6 Å². The van der Waals surface area contributed by atoms with E-state index in [0.717, 1.165) is 6.54 Å². The first-order valence-corrected chi connectivity index (χ1v) is 6.89. The molecule has 0 spiro atoms. The fourth-order valence-corrected chi connectivity index (χ4v) is 2.22. The van der Waals surface area contributed by atoms with Crippen molar-refractivity contribution in [2.75, 3.05) is 32.5 Å². The molecule has 0 aliphatic carbocycles. The number of halogens is 1. The van der Waals surface area contributed by atoms with Crippen LogP contribution in [0.3, 0.4) is 0 Å². The van der Waals surface area contributed by atoms with Gasteiger partial charge in [-0.1, -0.05) is 13.8 Å². The monoisotopic (exact) mass is 310 g/mol. The molecule has 0 aromatic carbocycles. The van der Waals surface area contributed by atoms with Crippen molar-refractivity contribution in [3.63, 3.8) is 0 Å². The Balaban J connectivity index is 2.10. The summed E-state index contributed by atoms with van der Waals surface area (Å²) >= 11 is 5.93. The summed E-state index contributed by atoms with van der Waals surface area (Å²) in [5, 5.41) is 7.29. The van der Waals surface area contributed by atoms with Crippen molar-refractivity contribution in [1.82, 2.24) is 34.6 Å². The lowest BCUT2D eigenvalue weighted by molar-refractivity contribution is 0.254. The molecule has 2 aromatic rings. The Labute approximate surface area is 128 Å². The molecule has 9 heteroatoms. The lowest BCUT2D eigenvalue weighted by Gasteiger charge is -2.28. The number of rotatable bonds is 6. The van der Waals surface area contributed by atoms with Crippen molar-refractivity contribution in [2.45, 2.75) is 13.8 Å². The lowest BCUT2D eigenvalue weighted by atomic mass is 9.93. The largest absolute Gasteiger partial charge is 0.353 e. The van der Waals surface area contributed by atoms with Crippen molar-refractivity contribution in [1.29, 1.82) is 0 Å². The molecule has 21 heavy (non-hydrogen) atoms.